The van der Waals surface area contributed by atoms with Crippen LogP contribution in [0, 0.1) is 5.92 Å². The average molecular weight is 240 g/mol. The summed E-state index contributed by atoms with van der Waals surface area (Å²) in [4.78, 5) is 11.5. The van der Waals surface area contributed by atoms with Crippen LogP contribution in [0.15, 0.2) is 0 Å². The summed E-state index contributed by atoms with van der Waals surface area (Å²) in [5.74, 6) is 1.09. The van der Waals surface area contributed by atoms with Crippen molar-refractivity contribution in [1.82, 2.24) is 0 Å². The minimum Gasteiger partial charge on any atom is -0.378 e. The van der Waals surface area contributed by atoms with Crippen molar-refractivity contribution in [2.24, 2.45) is 5.92 Å². The molecule has 2 atom stereocenters. The first kappa shape index (κ1) is 13.0. The van der Waals surface area contributed by atoms with Crippen molar-refractivity contribution < 1.29 is 14.3 Å². The molecule has 1 spiro atoms. The van der Waals surface area contributed by atoms with Crippen LogP contribution in [0.25, 0.3) is 0 Å². The maximum absolute atomic E-state index is 11.5. The van der Waals surface area contributed by atoms with Gasteiger partial charge in [-0.2, -0.15) is 0 Å². The molecule has 2 fully saturated rings. The van der Waals surface area contributed by atoms with Gasteiger partial charge in [0.15, 0.2) is 0 Å². The largest absolute Gasteiger partial charge is 0.378 e. The van der Waals surface area contributed by atoms with Gasteiger partial charge in [0.25, 0.3) is 0 Å². The maximum atomic E-state index is 11.5. The van der Waals surface area contributed by atoms with Gasteiger partial charge in [0, 0.05) is 32.5 Å². The van der Waals surface area contributed by atoms with Crippen LogP contribution in [0.4, 0.5) is 0 Å². The molecule has 2 saturated heterocycles. The Bertz CT molecular complexity index is 256. The van der Waals surface area contributed by atoms with Crippen molar-refractivity contribution in [3.63, 3.8) is 0 Å². The fraction of sp³-hybridized carbons (Fsp3) is 0.929. The van der Waals surface area contributed by atoms with Gasteiger partial charge in [-0.15, -0.1) is 0 Å². The first-order valence-corrected chi connectivity index (χ1v) is 6.97. The van der Waals surface area contributed by atoms with E-state index in [0.717, 1.165) is 64.8 Å². The van der Waals surface area contributed by atoms with Crippen LogP contribution < -0.4 is 0 Å². The Balaban J connectivity index is 1.75. The summed E-state index contributed by atoms with van der Waals surface area (Å²) in [5.41, 5.74) is -0.00325. The molecule has 2 heterocycles. The molecule has 17 heavy (non-hydrogen) atoms. The Kier molecular flexibility index (Phi) is 4.57. The standard InChI is InChI=1S/C14H24O3/c1-2-3-13(15)5-4-12-6-8-17-14(10-12)7-9-16-11-14/h12H,2-11H2,1H3. The van der Waals surface area contributed by atoms with E-state index in [1.807, 2.05) is 0 Å². The molecule has 0 aromatic heterocycles. The third kappa shape index (κ3) is 3.52. The van der Waals surface area contributed by atoms with Crippen LogP contribution in [0.5, 0.6) is 0 Å². The molecule has 2 unspecified atom stereocenters. The molecule has 2 aliphatic rings. The van der Waals surface area contributed by atoms with Crippen molar-refractivity contribution in [2.75, 3.05) is 19.8 Å². The lowest BCUT2D eigenvalue weighted by molar-refractivity contribution is -0.121. The fourth-order valence-electron chi connectivity index (χ4n) is 3.01. The van der Waals surface area contributed by atoms with E-state index in [1.165, 1.54) is 0 Å². The van der Waals surface area contributed by atoms with E-state index in [1.54, 1.807) is 0 Å². The summed E-state index contributed by atoms with van der Waals surface area (Å²) < 4.78 is 11.4. The monoisotopic (exact) mass is 240 g/mol. The van der Waals surface area contributed by atoms with Gasteiger partial charge >= 0.3 is 0 Å². The molecule has 2 rings (SSSR count). The van der Waals surface area contributed by atoms with Crippen LogP contribution in [-0.2, 0) is 14.3 Å². The lowest BCUT2D eigenvalue weighted by atomic mass is 9.82. The van der Waals surface area contributed by atoms with Gasteiger partial charge in [-0.1, -0.05) is 6.92 Å². The molecular formula is C14H24O3. The SMILES string of the molecule is CCCC(=O)CCC1CCOC2(CCOC2)C1. The van der Waals surface area contributed by atoms with E-state index < -0.39 is 0 Å². The summed E-state index contributed by atoms with van der Waals surface area (Å²) in [7, 11) is 0. The summed E-state index contributed by atoms with van der Waals surface area (Å²) in [6.45, 7) is 4.50. The zero-order valence-electron chi connectivity index (χ0n) is 10.9. The van der Waals surface area contributed by atoms with Crippen LogP contribution in [0.3, 0.4) is 0 Å². The van der Waals surface area contributed by atoms with Gasteiger partial charge in [0.2, 0.25) is 0 Å². The van der Waals surface area contributed by atoms with Crippen LogP contribution in [0.2, 0.25) is 0 Å². The lowest BCUT2D eigenvalue weighted by Gasteiger charge is -2.37. The molecular weight excluding hydrogens is 216 g/mol. The predicted octanol–water partition coefficient (Wildman–Crippen LogP) is 2.72. The summed E-state index contributed by atoms with van der Waals surface area (Å²) in [6, 6.07) is 0. The van der Waals surface area contributed by atoms with Gasteiger partial charge in [0.1, 0.15) is 5.78 Å². The highest BCUT2D eigenvalue weighted by atomic mass is 16.6. The van der Waals surface area contributed by atoms with E-state index in [0.29, 0.717) is 11.7 Å². The quantitative estimate of drug-likeness (QED) is 0.741. The summed E-state index contributed by atoms with van der Waals surface area (Å²) >= 11 is 0. The summed E-state index contributed by atoms with van der Waals surface area (Å²) in [6.07, 6.45) is 6.77. The topological polar surface area (TPSA) is 35.5 Å². The minimum absolute atomic E-state index is 0.00325. The average Bonchev–Trinajstić information content (AvgIpc) is 2.75. The molecule has 98 valence electrons. The number of carbonyl (C=O) groups is 1. The number of rotatable bonds is 5. The number of hydrogen-bond acceptors (Lipinski definition) is 3. The second kappa shape index (κ2) is 5.96. The Morgan fingerprint density at radius 2 is 2.24 bits per heavy atom. The van der Waals surface area contributed by atoms with Crippen LogP contribution >= 0.6 is 0 Å². The summed E-state index contributed by atoms with van der Waals surface area (Å²) in [5, 5.41) is 0. The number of ketones is 1. The third-order valence-corrected chi connectivity index (χ3v) is 4.02. The predicted molar refractivity (Wildman–Crippen MR) is 66.0 cm³/mol. The molecule has 3 nitrogen and oxygen atoms in total. The van der Waals surface area contributed by atoms with Gasteiger partial charge in [-0.05, 0) is 31.6 Å². The Morgan fingerprint density at radius 3 is 2.94 bits per heavy atom. The van der Waals surface area contributed by atoms with E-state index in [4.69, 9.17) is 9.47 Å². The molecule has 0 radical (unpaired) electrons. The van der Waals surface area contributed by atoms with Crippen molar-refractivity contribution in [1.29, 1.82) is 0 Å². The van der Waals surface area contributed by atoms with E-state index in [-0.39, 0.29) is 5.60 Å². The number of carbonyl (C=O) groups excluding carboxylic acids is 1. The smallest absolute Gasteiger partial charge is 0.132 e. The number of Topliss-reactive ketones (excluding diaryl/α,β-unsaturated/α-hetero) is 1. The van der Waals surface area contributed by atoms with Crippen molar-refractivity contribution >= 4 is 5.78 Å². The molecule has 0 aromatic rings. The first-order valence-electron chi connectivity index (χ1n) is 6.97. The Labute approximate surface area is 104 Å². The minimum atomic E-state index is -0.00325. The normalized spacial score (nSPS) is 33.1. The number of hydrogen-bond donors (Lipinski definition) is 0. The fourth-order valence-corrected chi connectivity index (χ4v) is 3.01. The van der Waals surface area contributed by atoms with E-state index >= 15 is 0 Å². The zero-order chi connectivity index (χ0) is 12.1. The van der Waals surface area contributed by atoms with Gasteiger partial charge < -0.3 is 9.47 Å². The van der Waals surface area contributed by atoms with E-state index in [2.05, 4.69) is 6.92 Å². The second-order valence-corrected chi connectivity index (χ2v) is 5.52. The lowest BCUT2D eigenvalue weighted by Crippen LogP contribution is -2.40. The second-order valence-electron chi connectivity index (χ2n) is 5.52. The molecule has 0 bridgehead atoms. The van der Waals surface area contributed by atoms with Gasteiger partial charge in [-0.3, -0.25) is 4.79 Å². The maximum Gasteiger partial charge on any atom is 0.132 e. The highest BCUT2D eigenvalue weighted by molar-refractivity contribution is 5.78. The number of ether oxygens (including phenoxy) is 2. The molecule has 2 aliphatic heterocycles. The molecule has 0 aliphatic carbocycles. The Hall–Kier alpha value is -0.410. The Morgan fingerprint density at radius 1 is 1.35 bits per heavy atom. The first-order chi connectivity index (χ1) is 8.24. The molecule has 0 saturated carbocycles. The van der Waals surface area contributed by atoms with Crippen molar-refractivity contribution in [3.8, 4) is 0 Å². The van der Waals surface area contributed by atoms with Gasteiger partial charge in [-0.25, -0.2) is 0 Å². The third-order valence-electron chi connectivity index (χ3n) is 4.02. The molecule has 3 heteroatoms. The molecule has 0 N–H and O–H groups in total. The molecule has 0 amide bonds. The highest BCUT2D eigenvalue weighted by Crippen LogP contribution is 2.37. The van der Waals surface area contributed by atoms with Crippen LogP contribution in [-0.4, -0.2) is 31.2 Å². The molecule has 0 aromatic carbocycles. The van der Waals surface area contributed by atoms with Crippen LogP contribution in [0.1, 0.15) is 51.9 Å². The zero-order valence-corrected chi connectivity index (χ0v) is 10.9. The van der Waals surface area contributed by atoms with Crippen molar-refractivity contribution in [2.45, 2.75) is 57.5 Å². The van der Waals surface area contributed by atoms with Crippen molar-refractivity contribution in [3.05, 3.63) is 0 Å². The van der Waals surface area contributed by atoms with E-state index in [9.17, 15) is 4.79 Å². The highest BCUT2D eigenvalue weighted by Gasteiger charge is 2.40. The van der Waals surface area contributed by atoms with Gasteiger partial charge in [0.05, 0.1) is 12.2 Å².